The van der Waals surface area contributed by atoms with Crippen LogP contribution in [0.2, 0.25) is 0 Å². The Morgan fingerprint density at radius 1 is 0.975 bits per heavy atom. The highest BCUT2D eigenvalue weighted by molar-refractivity contribution is 7.89. The molecule has 0 saturated carbocycles. The Bertz CT molecular complexity index is 1500. The molecule has 10 heteroatoms. The Hall–Kier alpha value is -3.47. The smallest absolute Gasteiger partial charge is 0.338 e. The number of morpholine rings is 1. The van der Waals surface area contributed by atoms with Crippen LogP contribution < -0.4 is 4.90 Å². The number of aliphatic imine (C=N–C) groups is 1. The highest BCUT2D eigenvalue weighted by Crippen LogP contribution is 2.34. The number of sulfonamides is 1. The number of esters is 1. The number of hydrogen-bond acceptors (Lipinski definition) is 7. The topological polar surface area (TPSA) is 93.4 Å². The third-order valence-electron chi connectivity index (χ3n) is 7.44. The first kappa shape index (κ1) is 28.1. The highest BCUT2D eigenvalue weighted by atomic mass is 32.2. The summed E-state index contributed by atoms with van der Waals surface area (Å²) in [5.41, 5.74) is 5.96. The first-order chi connectivity index (χ1) is 19.3. The van der Waals surface area contributed by atoms with E-state index in [9.17, 15) is 13.2 Å². The number of benzene rings is 2. The van der Waals surface area contributed by atoms with Crippen LogP contribution in [0.3, 0.4) is 0 Å². The van der Waals surface area contributed by atoms with Gasteiger partial charge < -0.3 is 18.9 Å². The molecular weight excluding hydrogens is 528 g/mol. The van der Waals surface area contributed by atoms with Gasteiger partial charge in [-0.1, -0.05) is 0 Å². The molecule has 40 heavy (non-hydrogen) atoms. The second kappa shape index (κ2) is 12.0. The molecule has 0 aliphatic carbocycles. The van der Waals surface area contributed by atoms with Crippen molar-refractivity contribution in [2.24, 2.45) is 4.99 Å². The third-order valence-corrected chi connectivity index (χ3v) is 9.34. The average Bonchev–Trinajstić information content (AvgIpc) is 3.60. The van der Waals surface area contributed by atoms with Gasteiger partial charge in [-0.3, -0.25) is 4.99 Å². The maximum atomic E-state index is 13.5. The van der Waals surface area contributed by atoms with Gasteiger partial charge in [-0.25, -0.2) is 13.2 Å². The normalized spacial score (nSPS) is 16.6. The summed E-state index contributed by atoms with van der Waals surface area (Å²) in [6.45, 7) is 9.56. The fourth-order valence-corrected chi connectivity index (χ4v) is 6.76. The van der Waals surface area contributed by atoms with Gasteiger partial charge in [0.25, 0.3) is 0 Å². The molecule has 5 rings (SSSR count). The lowest BCUT2D eigenvalue weighted by atomic mass is 10.2. The fraction of sp³-hybridized carbons (Fsp3) is 0.400. The van der Waals surface area contributed by atoms with Crippen LogP contribution in [-0.2, 0) is 19.5 Å². The Morgan fingerprint density at radius 2 is 1.68 bits per heavy atom. The van der Waals surface area contributed by atoms with Crippen LogP contribution in [0.5, 0.6) is 0 Å². The molecule has 0 spiro atoms. The summed E-state index contributed by atoms with van der Waals surface area (Å²) < 4.78 is 41.1. The zero-order chi connectivity index (χ0) is 28.3. The SMILES string of the molecule is CCOC(=O)c1ccc(N=Cc2cc(C)n(-c3cc(S(=O)(=O)N4CCOCC4)ccc3N3CCCC3)c2C)cc1. The minimum absolute atomic E-state index is 0.289. The number of carbonyl (C=O) groups excluding carboxylic acids is 1. The summed E-state index contributed by atoms with van der Waals surface area (Å²) in [6.07, 6.45) is 4.04. The second-order valence-corrected chi connectivity index (χ2v) is 12.0. The van der Waals surface area contributed by atoms with Crippen molar-refractivity contribution in [1.29, 1.82) is 0 Å². The van der Waals surface area contributed by atoms with E-state index in [1.54, 1.807) is 37.3 Å². The van der Waals surface area contributed by atoms with Crippen LogP contribution in [0.25, 0.3) is 5.69 Å². The largest absolute Gasteiger partial charge is 0.462 e. The molecule has 2 fully saturated rings. The summed E-state index contributed by atoms with van der Waals surface area (Å²) in [5, 5.41) is 0. The number of hydrogen-bond donors (Lipinski definition) is 0. The molecule has 1 aromatic heterocycles. The van der Waals surface area contributed by atoms with Gasteiger partial charge in [0.15, 0.2) is 0 Å². The number of aryl methyl sites for hydroxylation is 1. The highest BCUT2D eigenvalue weighted by Gasteiger charge is 2.28. The summed E-state index contributed by atoms with van der Waals surface area (Å²) >= 11 is 0. The molecule has 0 N–H and O–H groups in total. The number of anilines is 1. The van der Waals surface area contributed by atoms with E-state index in [4.69, 9.17) is 9.47 Å². The number of aromatic nitrogens is 1. The van der Waals surface area contributed by atoms with Gasteiger partial charge >= 0.3 is 5.97 Å². The summed E-state index contributed by atoms with van der Waals surface area (Å²) in [6, 6.07) is 14.5. The molecule has 2 aliphatic rings. The van der Waals surface area contributed by atoms with Crippen molar-refractivity contribution in [1.82, 2.24) is 8.87 Å². The minimum atomic E-state index is -3.65. The van der Waals surface area contributed by atoms with Gasteiger partial charge in [0.05, 0.1) is 47.3 Å². The molecule has 0 radical (unpaired) electrons. The molecule has 0 amide bonds. The lowest BCUT2D eigenvalue weighted by Gasteiger charge is -2.28. The van der Waals surface area contributed by atoms with Gasteiger partial charge in [-0.15, -0.1) is 0 Å². The second-order valence-electron chi connectivity index (χ2n) is 10.0. The van der Waals surface area contributed by atoms with E-state index in [2.05, 4.69) is 20.5 Å². The Balaban J connectivity index is 1.50. The first-order valence-electron chi connectivity index (χ1n) is 13.8. The van der Waals surface area contributed by atoms with Gasteiger partial charge in [-0.05, 0) is 82.1 Å². The zero-order valence-electron chi connectivity index (χ0n) is 23.3. The van der Waals surface area contributed by atoms with Gasteiger partial charge in [0.2, 0.25) is 10.0 Å². The molecule has 0 unspecified atom stereocenters. The average molecular weight is 565 g/mol. The van der Waals surface area contributed by atoms with Crippen molar-refractivity contribution in [2.45, 2.75) is 38.5 Å². The van der Waals surface area contributed by atoms with E-state index in [-0.39, 0.29) is 10.9 Å². The molecule has 0 bridgehead atoms. The Kier molecular flexibility index (Phi) is 8.39. The predicted octanol–water partition coefficient (Wildman–Crippen LogP) is 4.64. The van der Waals surface area contributed by atoms with E-state index in [1.807, 2.05) is 32.2 Å². The van der Waals surface area contributed by atoms with E-state index in [1.165, 1.54) is 4.31 Å². The molecule has 3 aromatic rings. The molecule has 212 valence electrons. The standard InChI is InChI=1S/C30H36N4O5S/c1-4-39-30(35)24-7-9-26(10-8-24)31-21-25-19-22(2)34(23(25)3)29-20-27(11-12-28(29)32-13-5-6-14-32)40(36,37)33-15-17-38-18-16-33/h7-12,19-21H,4-6,13-18H2,1-3H3. The Morgan fingerprint density at radius 3 is 2.35 bits per heavy atom. The van der Waals surface area contributed by atoms with Gasteiger partial charge in [0.1, 0.15) is 0 Å². The van der Waals surface area contributed by atoms with E-state index in [0.29, 0.717) is 44.2 Å². The van der Waals surface area contributed by atoms with Crippen LogP contribution in [0, 0.1) is 13.8 Å². The number of nitrogens with zero attached hydrogens (tertiary/aromatic N) is 4. The molecular formula is C30H36N4O5S. The molecule has 2 saturated heterocycles. The van der Waals surface area contributed by atoms with Crippen LogP contribution in [0.1, 0.15) is 47.1 Å². The van der Waals surface area contributed by atoms with E-state index < -0.39 is 10.0 Å². The van der Waals surface area contributed by atoms with Crippen molar-refractivity contribution in [3.63, 3.8) is 0 Å². The van der Waals surface area contributed by atoms with Crippen molar-refractivity contribution in [3.05, 3.63) is 71.0 Å². The van der Waals surface area contributed by atoms with Crippen molar-refractivity contribution in [3.8, 4) is 5.69 Å². The van der Waals surface area contributed by atoms with Crippen LogP contribution >= 0.6 is 0 Å². The van der Waals surface area contributed by atoms with Crippen molar-refractivity contribution in [2.75, 3.05) is 50.9 Å². The molecule has 9 nitrogen and oxygen atoms in total. The lowest BCUT2D eigenvalue weighted by molar-refractivity contribution is 0.0526. The molecule has 2 aromatic carbocycles. The number of rotatable bonds is 8. The van der Waals surface area contributed by atoms with E-state index in [0.717, 1.165) is 54.3 Å². The number of ether oxygens (including phenoxy) is 2. The predicted molar refractivity (Wildman–Crippen MR) is 156 cm³/mol. The number of carbonyl (C=O) groups is 1. The van der Waals surface area contributed by atoms with Gasteiger partial charge in [0, 0.05) is 49.3 Å². The van der Waals surface area contributed by atoms with E-state index >= 15 is 0 Å². The summed E-state index contributed by atoms with van der Waals surface area (Å²) in [7, 11) is -3.65. The third kappa shape index (κ3) is 5.70. The monoisotopic (exact) mass is 564 g/mol. The van der Waals surface area contributed by atoms with Crippen molar-refractivity contribution >= 4 is 33.6 Å². The molecule has 0 atom stereocenters. The van der Waals surface area contributed by atoms with Crippen molar-refractivity contribution < 1.29 is 22.7 Å². The molecule has 3 heterocycles. The summed E-state index contributed by atoms with van der Waals surface area (Å²) in [4.78, 5) is 19.2. The summed E-state index contributed by atoms with van der Waals surface area (Å²) in [5.74, 6) is -0.353. The van der Waals surface area contributed by atoms with Crippen LogP contribution in [-0.4, -0.2) is 75.5 Å². The zero-order valence-corrected chi connectivity index (χ0v) is 24.1. The minimum Gasteiger partial charge on any atom is -0.462 e. The van der Waals surface area contributed by atoms with Gasteiger partial charge in [-0.2, -0.15) is 4.31 Å². The Labute approximate surface area is 236 Å². The van der Waals surface area contributed by atoms with Crippen LogP contribution in [0.4, 0.5) is 11.4 Å². The maximum Gasteiger partial charge on any atom is 0.338 e. The quantitative estimate of drug-likeness (QED) is 0.292. The molecule has 2 aliphatic heterocycles. The maximum absolute atomic E-state index is 13.5. The first-order valence-corrected chi connectivity index (χ1v) is 15.2. The fourth-order valence-electron chi connectivity index (χ4n) is 5.34. The van der Waals surface area contributed by atoms with Crippen LogP contribution in [0.15, 0.2) is 58.4 Å². The lowest BCUT2D eigenvalue weighted by Crippen LogP contribution is -2.40.